The topological polar surface area (TPSA) is 17.1 Å². The SMILES string of the molecule is CCCCCCC(=O)C=CC=Cc1ccccc1. The van der Waals surface area contributed by atoms with Gasteiger partial charge in [-0.1, -0.05) is 74.7 Å². The fraction of sp³-hybridized carbons (Fsp3) is 0.353. The van der Waals surface area contributed by atoms with Gasteiger partial charge in [-0.15, -0.1) is 0 Å². The summed E-state index contributed by atoms with van der Waals surface area (Å²) in [5.41, 5.74) is 1.15. The summed E-state index contributed by atoms with van der Waals surface area (Å²) in [7, 11) is 0. The number of allylic oxidation sites excluding steroid dienone is 3. The number of hydrogen-bond donors (Lipinski definition) is 0. The van der Waals surface area contributed by atoms with Crippen molar-refractivity contribution in [3.63, 3.8) is 0 Å². The molecule has 0 aliphatic heterocycles. The minimum Gasteiger partial charge on any atom is -0.295 e. The maximum absolute atomic E-state index is 11.5. The minimum atomic E-state index is 0.226. The highest BCUT2D eigenvalue weighted by Crippen LogP contribution is 2.04. The lowest BCUT2D eigenvalue weighted by Gasteiger charge is -1.95. The van der Waals surface area contributed by atoms with Crippen molar-refractivity contribution >= 4 is 11.9 Å². The summed E-state index contributed by atoms with van der Waals surface area (Å²) in [6.45, 7) is 2.18. The van der Waals surface area contributed by atoms with E-state index in [1.54, 1.807) is 6.08 Å². The molecule has 0 amide bonds. The Morgan fingerprint density at radius 1 is 1.06 bits per heavy atom. The van der Waals surface area contributed by atoms with E-state index < -0.39 is 0 Å². The number of unbranched alkanes of at least 4 members (excludes halogenated alkanes) is 3. The largest absolute Gasteiger partial charge is 0.295 e. The molecule has 0 N–H and O–H groups in total. The van der Waals surface area contributed by atoms with Crippen molar-refractivity contribution in [3.8, 4) is 0 Å². The van der Waals surface area contributed by atoms with Gasteiger partial charge in [0.25, 0.3) is 0 Å². The third-order valence-electron chi connectivity index (χ3n) is 2.76. The Bertz CT molecular complexity index is 387. The molecule has 0 radical (unpaired) electrons. The molecule has 0 aromatic heterocycles. The van der Waals surface area contributed by atoms with Crippen LogP contribution in [0, 0.1) is 0 Å². The Balaban J connectivity index is 2.23. The number of carbonyl (C=O) groups is 1. The zero-order valence-corrected chi connectivity index (χ0v) is 11.1. The van der Waals surface area contributed by atoms with Crippen molar-refractivity contribution in [2.75, 3.05) is 0 Å². The number of carbonyl (C=O) groups excluding carboxylic acids is 1. The van der Waals surface area contributed by atoms with Gasteiger partial charge in [0.15, 0.2) is 5.78 Å². The quantitative estimate of drug-likeness (QED) is 0.364. The average Bonchev–Trinajstić information content (AvgIpc) is 2.41. The van der Waals surface area contributed by atoms with E-state index in [0.717, 1.165) is 18.4 Å². The maximum atomic E-state index is 11.5. The normalized spacial score (nSPS) is 11.4. The molecule has 0 aliphatic carbocycles. The predicted molar refractivity (Wildman–Crippen MR) is 78.4 cm³/mol. The van der Waals surface area contributed by atoms with E-state index in [0.29, 0.717) is 6.42 Å². The monoisotopic (exact) mass is 242 g/mol. The van der Waals surface area contributed by atoms with E-state index in [9.17, 15) is 4.79 Å². The number of ketones is 1. The molecular weight excluding hydrogens is 220 g/mol. The first-order chi connectivity index (χ1) is 8.83. The first-order valence-corrected chi connectivity index (χ1v) is 6.75. The molecule has 1 aromatic carbocycles. The van der Waals surface area contributed by atoms with E-state index >= 15 is 0 Å². The molecule has 96 valence electrons. The summed E-state index contributed by atoms with van der Waals surface area (Å²) in [6.07, 6.45) is 12.7. The van der Waals surface area contributed by atoms with Crippen LogP contribution in [0.4, 0.5) is 0 Å². The third-order valence-corrected chi connectivity index (χ3v) is 2.76. The lowest BCUT2D eigenvalue weighted by atomic mass is 10.1. The third kappa shape index (κ3) is 6.85. The van der Waals surface area contributed by atoms with Gasteiger partial charge in [0.05, 0.1) is 0 Å². The van der Waals surface area contributed by atoms with Gasteiger partial charge in [-0.3, -0.25) is 4.79 Å². The average molecular weight is 242 g/mol. The number of hydrogen-bond acceptors (Lipinski definition) is 1. The first-order valence-electron chi connectivity index (χ1n) is 6.75. The second kappa shape index (κ2) is 9.41. The van der Waals surface area contributed by atoms with E-state index in [4.69, 9.17) is 0 Å². The number of benzene rings is 1. The molecule has 1 heteroatoms. The molecule has 1 aromatic rings. The van der Waals surface area contributed by atoms with Gasteiger partial charge < -0.3 is 0 Å². The number of rotatable bonds is 8. The van der Waals surface area contributed by atoms with Crippen LogP contribution < -0.4 is 0 Å². The van der Waals surface area contributed by atoms with Crippen LogP contribution >= 0.6 is 0 Å². The summed E-state index contributed by atoms with van der Waals surface area (Å²) < 4.78 is 0. The van der Waals surface area contributed by atoms with Crippen molar-refractivity contribution in [2.24, 2.45) is 0 Å². The molecule has 0 spiro atoms. The maximum Gasteiger partial charge on any atom is 0.155 e. The molecule has 1 rings (SSSR count). The second-order valence-electron chi connectivity index (χ2n) is 4.41. The highest BCUT2D eigenvalue weighted by molar-refractivity contribution is 5.89. The van der Waals surface area contributed by atoms with Crippen LogP contribution in [0.2, 0.25) is 0 Å². The summed E-state index contributed by atoms with van der Waals surface area (Å²) in [5.74, 6) is 0.226. The van der Waals surface area contributed by atoms with E-state index in [1.165, 1.54) is 12.8 Å². The van der Waals surface area contributed by atoms with Gasteiger partial charge in [0.1, 0.15) is 0 Å². The van der Waals surface area contributed by atoms with Crippen molar-refractivity contribution in [3.05, 3.63) is 54.1 Å². The molecule has 0 fully saturated rings. The Morgan fingerprint density at radius 3 is 2.56 bits per heavy atom. The smallest absolute Gasteiger partial charge is 0.155 e. The van der Waals surface area contributed by atoms with Crippen LogP contribution in [0.25, 0.3) is 6.08 Å². The lowest BCUT2D eigenvalue weighted by Crippen LogP contribution is -1.91. The Morgan fingerprint density at radius 2 is 1.83 bits per heavy atom. The van der Waals surface area contributed by atoms with Gasteiger partial charge >= 0.3 is 0 Å². The molecule has 0 heterocycles. The minimum absolute atomic E-state index is 0.226. The lowest BCUT2D eigenvalue weighted by molar-refractivity contribution is -0.114. The summed E-state index contributed by atoms with van der Waals surface area (Å²) in [5, 5.41) is 0. The van der Waals surface area contributed by atoms with Crippen LogP contribution in [-0.2, 0) is 4.79 Å². The van der Waals surface area contributed by atoms with Gasteiger partial charge in [0, 0.05) is 6.42 Å². The molecule has 1 nitrogen and oxygen atoms in total. The van der Waals surface area contributed by atoms with Gasteiger partial charge in [0.2, 0.25) is 0 Å². The van der Waals surface area contributed by atoms with Gasteiger partial charge in [-0.2, -0.15) is 0 Å². The van der Waals surface area contributed by atoms with Crippen molar-refractivity contribution in [1.82, 2.24) is 0 Å². The van der Waals surface area contributed by atoms with E-state index in [-0.39, 0.29) is 5.78 Å². The highest BCUT2D eigenvalue weighted by atomic mass is 16.1. The molecule has 0 atom stereocenters. The second-order valence-corrected chi connectivity index (χ2v) is 4.41. The van der Waals surface area contributed by atoms with Crippen molar-refractivity contribution in [1.29, 1.82) is 0 Å². The fourth-order valence-electron chi connectivity index (χ4n) is 1.70. The molecule has 18 heavy (non-hydrogen) atoms. The molecule has 0 bridgehead atoms. The van der Waals surface area contributed by atoms with Crippen molar-refractivity contribution < 1.29 is 4.79 Å². The van der Waals surface area contributed by atoms with Crippen LogP contribution in [0.1, 0.15) is 44.6 Å². The van der Waals surface area contributed by atoms with Crippen LogP contribution in [0.15, 0.2) is 48.6 Å². The Kier molecular flexibility index (Phi) is 7.54. The Labute approximate surface area is 110 Å². The zero-order valence-electron chi connectivity index (χ0n) is 11.1. The highest BCUT2D eigenvalue weighted by Gasteiger charge is 1.95. The molecule has 0 aliphatic rings. The molecule has 0 saturated heterocycles. The van der Waals surface area contributed by atoms with Gasteiger partial charge in [-0.05, 0) is 18.1 Å². The zero-order chi connectivity index (χ0) is 13.1. The summed E-state index contributed by atoms with van der Waals surface area (Å²) in [4.78, 5) is 11.5. The van der Waals surface area contributed by atoms with E-state index in [1.807, 2.05) is 48.6 Å². The van der Waals surface area contributed by atoms with Crippen LogP contribution in [0.3, 0.4) is 0 Å². The van der Waals surface area contributed by atoms with Crippen molar-refractivity contribution in [2.45, 2.75) is 39.0 Å². The standard InChI is InChI=1S/C17H22O/c1-2-3-4-8-14-17(18)15-10-9-13-16-11-6-5-7-12-16/h5-7,9-13,15H,2-4,8,14H2,1H3. The van der Waals surface area contributed by atoms with E-state index in [2.05, 4.69) is 6.92 Å². The molecule has 0 unspecified atom stereocenters. The van der Waals surface area contributed by atoms with Crippen LogP contribution in [0.5, 0.6) is 0 Å². The first kappa shape index (κ1) is 14.4. The summed E-state index contributed by atoms with van der Waals surface area (Å²) in [6, 6.07) is 10.1. The van der Waals surface area contributed by atoms with Gasteiger partial charge in [-0.25, -0.2) is 0 Å². The fourth-order valence-corrected chi connectivity index (χ4v) is 1.70. The van der Waals surface area contributed by atoms with Crippen LogP contribution in [-0.4, -0.2) is 5.78 Å². The Hall–Kier alpha value is -1.63. The molecular formula is C17H22O. The predicted octanol–water partition coefficient (Wildman–Crippen LogP) is 4.80. The summed E-state index contributed by atoms with van der Waals surface area (Å²) >= 11 is 0. The molecule has 0 saturated carbocycles.